The van der Waals surface area contributed by atoms with Crippen molar-refractivity contribution in [2.45, 2.75) is 19.4 Å². The lowest BCUT2D eigenvalue weighted by Gasteiger charge is -2.06. The molecule has 0 saturated carbocycles. The number of para-hydroxylation sites is 1. The number of hydrogen-bond acceptors (Lipinski definition) is 3. The first-order valence-corrected chi connectivity index (χ1v) is 5.13. The van der Waals surface area contributed by atoms with Crippen molar-refractivity contribution in [2.75, 3.05) is 0 Å². The van der Waals surface area contributed by atoms with E-state index in [1.807, 2.05) is 6.07 Å². The minimum absolute atomic E-state index is 0.0329. The van der Waals surface area contributed by atoms with Crippen LogP contribution in [0.4, 0.5) is 0 Å². The Bertz CT molecular complexity index is 531. The van der Waals surface area contributed by atoms with E-state index in [1.54, 1.807) is 18.3 Å². The number of nitrogens with two attached hydrogens (primary N) is 1. The largest absolute Gasteiger partial charge is 0.506 e. The lowest BCUT2D eigenvalue weighted by molar-refractivity contribution is -0.118. The fourth-order valence-electron chi connectivity index (χ4n) is 1.75. The topological polar surface area (TPSA) is 79.1 Å². The second-order valence-electron chi connectivity index (χ2n) is 3.93. The molecule has 0 spiro atoms. The van der Waals surface area contributed by atoms with E-state index in [0.29, 0.717) is 11.9 Å². The lowest BCUT2D eigenvalue weighted by atomic mass is 10.0. The lowest BCUT2D eigenvalue weighted by Crippen LogP contribution is -2.30. The third kappa shape index (κ3) is 1.79. The molecular weight excluding hydrogens is 204 g/mol. The highest BCUT2D eigenvalue weighted by Gasteiger charge is 2.13. The van der Waals surface area contributed by atoms with Crippen LogP contribution in [0, 0.1) is 0 Å². The van der Waals surface area contributed by atoms with Gasteiger partial charge in [0.25, 0.3) is 0 Å². The van der Waals surface area contributed by atoms with Crippen molar-refractivity contribution < 1.29 is 9.90 Å². The summed E-state index contributed by atoms with van der Waals surface area (Å²) in [6, 6.07) is 4.80. The van der Waals surface area contributed by atoms with Crippen molar-refractivity contribution >= 4 is 16.7 Å². The Morgan fingerprint density at radius 3 is 3.00 bits per heavy atom. The molecule has 0 saturated heterocycles. The van der Waals surface area contributed by atoms with Crippen LogP contribution in [0.25, 0.3) is 10.9 Å². The Labute approximate surface area is 93.1 Å². The number of rotatable bonds is 3. The summed E-state index contributed by atoms with van der Waals surface area (Å²) in [7, 11) is 0. The third-order valence-corrected chi connectivity index (χ3v) is 2.74. The number of aromatic nitrogens is 1. The fraction of sp³-hybridized carbons (Fsp3) is 0.250. The number of H-pyrrole nitrogens is 1. The van der Waals surface area contributed by atoms with Gasteiger partial charge in [0.15, 0.2) is 0 Å². The summed E-state index contributed by atoms with van der Waals surface area (Å²) < 4.78 is 0. The smallest absolute Gasteiger partial charge is 0.146 e. The van der Waals surface area contributed by atoms with Crippen molar-refractivity contribution in [3.63, 3.8) is 0 Å². The normalized spacial score (nSPS) is 12.9. The van der Waals surface area contributed by atoms with Gasteiger partial charge in [0.2, 0.25) is 0 Å². The summed E-state index contributed by atoms with van der Waals surface area (Å²) >= 11 is 0. The second-order valence-corrected chi connectivity index (χ2v) is 3.93. The average Bonchev–Trinajstić information content (AvgIpc) is 2.63. The molecule has 1 unspecified atom stereocenters. The van der Waals surface area contributed by atoms with E-state index in [9.17, 15) is 9.90 Å². The van der Waals surface area contributed by atoms with Gasteiger partial charge < -0.3 is 15.8 Å². The summed E-state index contributed by atoms with van der Waals surface area (Å²) in [4.78, 5) is 14.1. The number of carbonyl (C=O) groups is 1. The average molecular weight is 218 g/mol. The Morgan fingerprint density at radius 2 is 2.31 bits per heavy atom. The molecule has 0 aliphatic heterocycles. The van der Waals surface area contributed by atoms with Crippen LogP contribution in [0.5, 0.6) is 5.75 Å². The molecule has 4 heteroatoms. The summed E-state index contributed by atoms with van der Waals surface area (Å²) in [5, 5.41) is 10.5. The zero-order valence-corrected chi connectivity index (χ0v) is 9.03. The molecule has 0 fully saturated rings. The standard InChI is InChI=1S/C12H14N2O2/c1-7(15)10(13)5-8-6-14-12-9(8)3-2-4-11(12)16/h2-4,6,10,14,16H,5,13H2,1H3. The molecule has 0 aliphatic rings. The maximum Gasteiger partial charge on any atom is 0.146 e. The molecule has 16 heavy (non-hydrogen) atoms. The Hall–Kier alpha value is -1.81. The van der Waals surface area contributed by atoms with Crippen LogP contribution in [-0.4, -0.2) is 21.9 Å². The van der Waals surface area contributed by atoms with Crippen LogP contribution in [0.15, 0.2) is 24.4 Å². The highest BCUT2D eigenvalue weighted by atomic mass is 16.3. The van der Waals surface area contributed by atoms with Crippen molar-refractivity contribution in [1.82, 2.24) is 4.98 Å². The number of aromatic amines is 1. The number of carbonyl (C=O) groups excluding carboxylic acids is 1. The minimum Gasteiger partial charge on any atom is -0.506 e. The number of benzene rings is 1. The maximum absolute atomic E-state index is 11.1. The van der Waals surface area contributed by atoms with Crippen molar-refractivity contribution in [3.8, 4) is 5.75 Å². The van der Waals surface area contributed by atoms with Crippen LogP contribution in [0.1, 0.15) is 12.5 Å². The molecule has 1 aromatic heterocycles. The van der Waals surface area contributed by atoms with E-state index in [4.69, 9.17) is 5.73 Å². The van der Waals surface area contributed by atoms with Crippen LogP contribution in [0.2, 0.25) is 0 Å². The molecule has 4 nitrogen and oxygen atoms in total. The summed E-state index contributed by atoms with van der Waals surface area (Å²) in [5.41, 5.74) is 7.35. The minimum atomic E-state index is -0.485. The number of phenols is 1. The monoisotopic (exact) mass is 218 g/mol. The Balaban J connectivity index is 2.39. The van der Waals surface area contributed by atoms with Gasteiger partial charge in [-0.25, -0.2) is 0 Å². The van der Waals surface area contributed by atoms with Gasteiger partial charge in [-0.1, -0.05) is 12.1 Å². The second kappa shape index (κ2) is 3.98. The number of phenolic OH excluding ortho intramolecular Hbond substituents is 1. The van der Waals surface area contributed by atoms with Gasteiger partial charge in [-0.2, -0.15) is 0 Å². The van der Waals surface area contributed by atoms with Crippen molar-refractivity contribution in [2.24, 2.45) is 5.73 Å². The predicted molar refractivity (Wildman–Crippen MR) is 62.3 cm³/mol. The first-order chi connectivity index (χ1) is 7.59. The SMILES string of the molecule is CC(=O)C(N)Cc1c[nH]c2c(O)cccc12. The third-order valence-electron chi connectivity index (χ3n) is 2.74. The first-order valence-electron chi connectivity index (χ1n) is 5.13. The van der Waals surface area contributed by atoms with E-state index in [0.717, 1.165) is 10.9 Å². The van der Waals surface area contributed by atoms with Crippen LogP contribution in [0.3, 0.4) is 0 Å². The van der Waals surface area contributed by atoms with E-state index >= 15 is 0 Å². The molecule has 0 radical (unpaired) electrons. The molecule has 2 aromatic rings. The van der Waals surface area contributed by atoms with E-state index < -0.39 is 6.04 Å². The van der Waals surface area contributed by atoms with Gasteiger partial charge in [0.05, 0.1) is 11.6 Å². The molecule has 0 bridgehead atoms. The van der Waals surface area contributed by atoms with Gasteiger partial charge in [-0.15, -0.1) is 0 Å². The number of hydrogen-bond donors (Lipinski definition) is 3. The number of ketones is 1. The summed E-state index contributed by atoms with van der Waals surface area (Å²) in [6.07, 6.45) is 2.27. The van der Waals surface area contributed by atoms with Gasteiger partial charge >= 0.3 is 0 Å². The predicted octanol–water partition coefficient (Wildman–Crippen LogP) is 1.33. The molecule has 1 heterocycles. The van der Waals surface area contributed by atoms with Gasteiger partial charge in [0.1, 0.15) is 11.5 Å². The molecule has 1 atom stereocenters. The maximum atomic E-state index is 11.1. The zero-order valence-electron chi connectivity index (χ0n) is 9.03. The highest BCUT2D eigenvalue weighted by Crippen LogP contribution is 2.26. The van der Waals surface area contributed by atoms with Crippen molar-refractivity contribution in [1.29, 1.82) is 0 Å². The Kier molecular flexibility index (Phi) is 2.66. The first kappa shape index (κ1) is 10.7. The summed E-state index contributed by atoms with van der Waals surface area (Å²) in [6.45, 7) is 1.48. The molecule has 0 aliphatic carbocycles. The molecule has 2 rings (SSSR count). The number of nitrogens with one attached hydrogen (secondary N) is 1. The zero-order chi connectivity index (χ0) is 11.7. The number of Topliss-reactive ketones (excluding diaryl/α,β-unsaturated/α-hetero) is 1. The molecule has 1 aromatic carbocycles. The Morgan fingerprint density at radius 1 is 1.56 bits per heavy atom. The highest BCUT2D eigenvalue weighted by molar-refractivity contribution is 5.89. The fourth-order valence-corrected chi connectivity index (χ4v) is 1.75. The summed E-state index contributed by atoms with van der Waals surface area (Å²) in [5.74, 6) is 0.176. The van der Waals surface area contributed by atoms with E-state index in [2.05, 4.69) is 4.98 Å². The molecular formula is C12H14N2O2. The van der Waals surface area contributed by atoms with Crippen LogP contribution >= 0.6 is 0 Å². The molecule has 0 amide bonds. The van der Waals surface area contributed by atoms with E-state index in [1.165, 1.54) is 6.92 Å². The van der Waals surface area contributed by atoms with Gasteiger partial charge in [-0.3, -0.25) is 4.79 Å². The quantitative estimate of drug-likeness (QED) is 0.727. The molecule has 84 valence electrons. The number of fused-ring (bicyclic) bond motifs is 1. The van der Waals surface area contributed by atoms with E-state index in [-0.39, 0.29) is 11.5 Å². The van der Waals surface area contributed by atoms with Crippen LogP contribution in [-0.2, 0) is 11.2 Å². The number of aromatic hydroxyl groups is 1. The molecule has 4 N–H and O–H groups in total. The van der Waals surface area contributed by atoms with Gasteiger partial charge in [-0.05, 0) is 25.0 Å². The van der Waals surface area contributed by atoms with Crippen LogP contribution < -0.4 is 5.73 Å². The van der Waals surface area contributed by atoms with Crippen molar-refractivity contribution in [3.05, 3.63) is 30.0 Å². The van der Waals surface area contributed by atoms with Gasteiger partial charge in [0, 0.05) is 11.6 Å².